The van der Waals surface area contributed by atoms with Crippen molar-refractivity contribution in [2.45, 2.75) is 43.9 Å². The summed E-state index contributed by atoms with van der Waals surface area (Å²) in [5, 5.41) is 7.16. The molecule has 1 saturated carbocycles. The van der Waals surface area contributed by atoms with Gasteiger partial charge >= 0.3 is 6.18 Å². The molecule has 1 saturated heterocycles. The van der Waals surface area contributed by atoms with Crippen LogP contribution < -0.4 is 5.32 Å². The van der Waals surface area contributed by atoms with Crippen molar-refractivity contribution < 1.29 is 13.2 Å². The molecule has 0 bridgehead atoms. The lowest BCUT2D eigenvalue weighted by Gasteiger charge is -2.32. The Morgan fingerprint density at radius 2 is 1.87 bits per heavy atom. The molecule has 2 aliphatic rings. The zero-order valence-electron chi connectivity index (χ0n) is 12.4. The van der Waals surface area contributed by atoms with Crippen molar-refractivity contribution in [2.75, 3.05) is 18.4 Å². The van der Waals surface area contributed by atoms with Crippen LogP contribution in [-0.4, -0.2) is 49.7 Å². The lowest BCUT2D eigenvalue weighted by molar-refractivity contribution is -0.141. The Morgan fingerprint density at radius 3 is 2.52 bits per heavy atom. The van der Waals surface area contributed by atoms with Crippen LogP contribution in [-0.2, 0) is 6.18 Å². The highest BCUT2D eigenvalue weighted by atomic mass is 19.4. The number of hydrogen-bond acceptors (Lipinski definition) is 5. The van der Waals surface area contributed by atoms with Gasteiger partial charge in [-0.15, -0.1) is 0 Å². The van der Waals surface area contributed by atoms with Gasteiger partial charge in [0.25, 0.3) is 5.78 Å². The molecular formula is C14H17F3N6. The zero-order chi connectivity index (χ0) is 16.0. The minimum atomic E-state index is -4.50. The number of rotatable bonds is 3. The van der Waals surface area contributed by atoms with Gasteiger partial charge in [-0.3, -0.25) is 0 Å². The maximum absolute atomic E-state index is 13.0. The normalized spacial score (nSPS) is 21.0. The number of fused-ring (bicyclic) bond motifs is 1. The van der Waals surface area contributed by atoms with Crippen LogP contribution in [0.15, 0.2) is 12.4 Å². The predicted octanol–water partition coefficient (Wildman–Crippen LogP) is 2.18. The van der Waals surface area contributed by atoms with Gasteiger partial charge in [0.05, 0.1) is 0 Å². The molecule has 0 radical (unpaired) electrons. The lowest BCUT2D eigenvalue weighted by Crippen LogP contribution is -2.40. The van der Waals surface area contributed by atoms with E-state index in [1.807, 2.05) is 0 Å². The van der Waals surface area contributed by atoms with Crippen LogP contribution in [0.25, 0.3) is 5.78 Å². The number of hydrogen-bond donors (Lipinski definition) is 1. The van der Waals surface area contributed by atoms with Gasteiger partial charge in [-0.1, -0.05) is 0 Å². The minimum absolute atomic E-state index is 0.0438. The SMILES string of the molecule is FC(F)(F)c1cc(NC2CCN(C3CC3)CC2)n2ncnc2n1. The van der Waals surface area contributed by atoms with Crippen LogP contribution >= 0.6 is 0 Å². The van der Waals surface area contributed by atoms with E-state index in [0.29, 0.717) is 5.82 Å². The highest BCUT2D eigenvalue weighted by molar-refractivity contribution is 5.46. The molecule has 6 nitrogen and oxygen atoms in total. The van der Waals surface area contributed by atoms with Crippen LogP contribution in [0.1, 0.15) is 31.4 Å². The Bertz CT molecular complexity index is 700. The summed E-state index contributed by atoms with van der Waals surface area (Å²) in [6.07, 6.45) is 1.09. The van der Waals surface area contributed by atoms with E-state index in [0.717, 1.165) is 38.0 Å². The van der Waals surface area contributed by atoms with Crippen LogP contribution in [0.4, 0.5) is 19.0 Å². The number of aromatic nitrogens is 4. The Balaban J connectivity index is 1.54. The van der Waals surface area contributed by atoms with E-state index in [-0.39, 0.29) is 11.8 Å². The number of anilines is 1. The van der Waals surface area contributed by atoms with Crippen molar-refractivity contribution in [3.8, 4) is 0 Å². The molecule has 4 rings (SSSR count). The van der Waals surface area contributed by atoms with Gasteiger partial charge in [0, 0.05) is 31.2 Å². The smallest absolute Gasteiger partial charge is 0.367 e. The van der Waals surface area contributed by atoms with E-state index < -0.39 is 11.9 Å². The average Bonchev–Trinajstić information content (AvgIpc) is 3.24. The second-order valence-corrected chi connectivity index (χ2v) is 6.18. The molecule has 0 atom stereocenters. The third-order valence-corrected chi connectivity index (χ3v) is 4.49. The number of likely N-dealkylation sites (tertiary alicyclic amines) is 1. The highest BCUT2D eigenvalue weighted by Crippen LogP contribution is 2.32. The number of alkyl halides is 3. The summed E-state index contributed by atoms with van der Waals surface area (Å²) in [6, 6.07) is 1.88. The van der Waals surface area contributed by atoms with Crippen molar-refractivity contribution in [1.29, 1.82) is 0 Å². The zero-order valence-corrected chi connectivity index (χ0v) is 12.4. The minimum Gasteiger partial charge on any atom is -0.367 e. The van der Waals surface area contributed by atoms with Gasteiger partial charge < -0.3 is 10.2 Å². The summed E-state index contributed by atoms with van der Waals surface area (Å²) < 4.78 is 40.2. The molecule has 3 heterocycles. The largest absolute Gasteiger partial charge is 0.433 e. The summed E-state index contributed by atoms with van der Waals surface area (Å²) in [6.45, 7) is 1.97. The van der Waals surface area contributed by atoms with Crippen molar-refractivity contribution >= 4 is 11.6 Å². The van der Waals surface area contributed by atoms with E-state index in [4.69, 9.17) is 0 Å². The molecule has 1 N–H and O–H groups in total. The average molecular weight is 326 g/mol. The summed E-state index contributed by atoms with van der Waals surface area (Å²) in [7, 11) is 0. The lowest BCUT2D eigenvalue weighted by atomic mass is 10.0. The Hall–Kier alpha value is -1.90. The standard InChI is InChI=1S/C14H17F3N6/c15-14(16,17)11-7-12(23-13(21-11)18-8-19-23)20-9-3-5-22(6-4-9)10-1-2-10/h7-10,20H,1-6H2. The molecule has 9 heteroatoms. The second-order valence-electron chi connectivity index (χ2n) is 6.18. The molecule has 1 aliphatic heterocycles. The summed E-state index contributed by atoms with van der Waals surface area (Å²) in [5.41, 5.74) is -0.948. The fraction of sp³-hybridized carbons (Fsp3) is 0.643. The van der Waals surface area contributed by atoms with Crippen LogP contribution in [0, 0.1) is 0 Å². The molecule has 124 valence electrons. The monoisotopic (exact) mass is 326 g/mol. The van der Waals surface area contributed by atoms with Gasteiger partial charge in [-0.2, -0.15) is 27.8 Å². The van der Waals surface area contributed by atoms with E-state index >= 15 is 0 Å². The van der Waals surface area contributed by atoms with Gasteiger partial charge in [0.2, 0.25) is 0 Å². The highest BCUT2D eigenvalue weighted by Gasteiger charge is 2.35. The van der Waals surface area contributed by atoms with Crippen molar-refractivity contribution in [3.05, 3.63) is 18.1 Å². The van der Waals surface area contributed by atoms with Crippen molar-refractivity contribution in [3.63, 3.8) is 0 Å². The molecule has 2 fully saturated rings. The summed E-state index contributed by atoms with van der Waals surface area (Å²) in [5.74, 6) is 0.252. The number of piperidine rings is 1. The molecule has 1 aliphatic carbocycles. The van der Waals surface area contributed by atoms with E-state index in [9.17, 15) is 13.2 Å². The molecule has 0 amide bonds. The molecular weight excluding hydrogens is 309 g/mol. The first kappa shape index (κ1) is 14.7. The van der Waals surface area contributed by atoms with Crippen molar-refractivity contribution in [1.82, 2.24) is 24.5 Å². The van der Waals surface area contributed by atoms with Crippen molar-refractivity contribution in [2.24, 2.45) is 0 Å². The van der Waals surface area contributed by atoms with E-state index in [2.05, 4.69) is 25.3 Å². The first-order chi connectivity index (χ1) is 11.0. The molecule has 2 aromatic rings. The Morgan fingerprint density at radius 1 is 1.13 bits per heavy atom. The third-order valence-electron chi connectivity index (χ3n) is 4.49. The van der Waals surface area contributed by atoms with E-state index in [1.54, 1.807) is 0 Å². The molecule has 2 aromatic heterocycles. The molecule has 0 spiro atoms. The van der Waals surface area contributed by atoms with Gasteiger partial charge in [-0.05, 0) is 25.7 Å². The Labute approximate surface area is 130 Å². The fourth-order valence-electron chi connectivity index (χ4n) is 3.12. The first-order valence-electron chi connectivity index (χ1n) is 7.79. The summed E-state index contributed by atoms with van der Waals surface area (Å²) >= 11 is 0. The van der Waals surface area contributed by atoms with E-state index in [1.165, 1.54) is 23.7 Å². The maximum Gasteiger partial charge on any atom is 0.433 e. The quantitative estimate of drug-likeness (QED) is 0.937. The van der Waals surface area contributed by atoms with Gasteiger partial charge in [0.15, 0.2) is 5.69 Å². The second kappa shape index (κ2) is 5.33. The number of nitrogens with one attached hydrogen (secondary N) is 1. The Kier molecular flexibility index (Phi) is 3.40. The summed E-state index contributed by atoms with van der Waals surface area (Å²) in [4.78, 5) is 9.77. The maximum atomic E-state index is 13.0. The molecule has 0 unspecified atom stereocenters. The van der Waals surface area contributed by atoms with Crippen LogP contribution in [0.5, 0.6) is 0 Å². The van der Waals surface area contributed by atoms with Gasteiger partial charge in [-0.25, -0.2) is 4.98 Å². The van der Waals surface area contributed by atoms with Crippen LogP contribution in [0.2, 0.25) is 0 Å². The first-order valence-corrected chi connectivity index (χ1v) is 7.79. The molecule has 0 aromatic carbocycles. The van der Waals surface area contributed by atoms with Gasteiger partial charge in [0.1, 0.15) is 12.1 Å². The molecule has 23 heavy (non-hydrogen) atoms. The number of halogens is 3. The topological polar surface area (TPSA) is 58.4 Å². The third kappa shape index (κ3) is 2.97. The number of nitrogens with zero attached hydrogens (tertiary/aromatic N) is 5. The predicted molar refractivity (Wildman–Crippen MR) is 77.0 cm³/mol. The van der Waals surface area contributed by atoms with Crippen LogP contribution in [0.3, 0.4) is 0 Å². The fourth-order valence-corrected chi connectivity index (χ4v) is 3.12.